The van der Waals surface area contributed by atoms with E-state index in [-0.39, 0.29) is 30.5 Å². The first-order valence-electron chi connectivity index (χ1n) is 6.62. The summed E-state index contributed by atoms with van der Waals surface area (Å²) in [6.07, 6.45) is 2.92. The van der Waals surface area contributed by atoms with E-state index < -0.39 is 10.2 Å². The normalized spacial score (nSPS) is 33.1. The van der Waals surface area contributed by atoms with Gasteiger partial charge in [0, 0.05) is 19.1 Å². The second kappa shape index (κ2) is 7.19. The SMILES string of the molecule is CC1CN(S(=O)(=O)NC2CCCC2CN)CCO1.Cl. The maximum absolute atomic E-state index is 12.3. The molecule has 114 valence electrons. The highest BCUT2D eigenvalue weighted by Crippen LogP contribution is 2.25. The Labute approximate surface area is 121 Å². The molecule has 0 bridgehead atoms. The van der Waals surface area contributed by atoms with Crippen LogP contribution in [0.2, 0.25) is 0 Å². The van der Waals surface area contributed by atoms with E-state index in [9.17, 15) is 8.42 Å². The summed E-state index contributed by atoms with van der Waals surface area (Å²) < 4.78 is 34.2. The van der Waals surface area contributed by atoms with Gasteiger partial charge < -0.3 is 10.5 Å². The minimum Gasteiger partial charge on any atom is -0.376 e. The first-order chi connectivity index (χ1) is 8.53. The third-order valence-corrected chi connectivity index (χ3v) is 5.42. The zero-order valence-electron chi connectivity index (χ0n) is 11.2. The lowest BCUT2D eigenvalue weighted by Crippen LogP contribution is -2.52. The molecule has 1 saturated heterocycles. The van der Waals surface area contributed by atoms with Crippen LogP contribution in [0.1, 0.15) is 26.2 Å². The van der Waals surface area contributed by atoms with Gasteiger partial charge >= 0.3 is 0 Å². The molecular weight excluding hydrogens is 290 g/mol. The molecule has 3 atom stereocenters. The molecule has 1 saturated carbocycles. The third kappa shape index (κ3) is 4.27. The minimum absolute atomic E-state index is 0. The van der Waals surface area contributed by atoms with E-state index in [1.54, 1.807) is 0 Å². The molecule has 1 aliphatic carbocycles. The Bertz CT molecular complexity index is 379. The van der Waals surface area contributed by atoms with E-state index in [1.165, 1.54) is 4.31 Å². The molecule has 6 nitrogen and oxygen atoms in total. The third-order valence-electron chi connectivity index (χ3n) is 3.81. The Morgan fingerprint density at radius 2 is 2.16 bits per heavy atom. The van der Waals surface area contributed by atoms with Crippen molar-refractivity contribution in [1.29, 1.82) is 0 Å². The van der Waals surface area contributed by atoms with Crippen LogP contribution < -0.4 is 10.5 Å². The monoisotopic (exact) mass is 313 g/mol. The summed E-state index contributed by atoms with van der Waals surface area (Å²) in [7, 11) is -3.39. The number of nitrogens with two attached hydrogens (primary N) is 1. The molecule has 3 unspecified atom stereocenters. The van der Waals surface area contributed by atoms with Crippen molar-refractivity contribution < 1.29 is 13.2 Å². The summed E-state index contributed by atoms with van der Waals surface area (Å²) in [4.78, 5) is 0. The van der Waals surface area contributed by atoms with E-state index in [0.717, 1.165) is 19.3 Å². The van der Waals surface area contributed by atoms with E-state index in [4.69, 9.17) is 10.5 Å². The fourth-order valence-corrected chi connectivity index (χ4v) is 4.31. The number of halogens is 1. The molecule has 0 spiro atoms. The largest absolute Gasteiger partial charge is 0.376 e. The van der Waals surface area contributed by atoms with Crippen LogP contribution in [0.4, 0.5) is 0 Å². The number of hydrogen-bond donors (Lipinski definition) is 2. The second-order valence-electron chi connectivity index (χ2n) is 5.20. The average molecular weight is 314 g/mol. The molecule has 2 rings (SSSR count). The molecule has 0 aromatic rings. The molecule has 8 heteroatoms. The number of hydrogen-bond acceptors (Lipinski definition) is 4. The smallest absolute Gasteiger partial charge is 0.279 e. The summed E-state index contributed by atoms with van der Waals surface area (Å²) in [5.41, 5.74) is 5.68. The van der Waals surface area contributed by atoms with Crippen molar-refractivity contribution in [1.82, 2.24) is 9.03 Å². The van der Waals surface area contributed by atoms with E-state index in [2.05, 4.69) is 4.72 Å². The van der Waals surface area contributed by atoms with Crippen LogP contribution in [0.25, 0.3) is 0 Å². The van der Waals surface area contributed by atoms with E-state index in [0.29, 0.717) is 26.2 Å². The van der Waals surface area contributed by atoms with Gasteiger partial charge in [0.05, 0.1) is 12.7 Å². The van der Waals surface area contributed by atoms with Crippen LogP contribution in [0.5, 0.6) is 0 Å². The number of ether oxygens (including phenoxy) is 1. The van der Waals surface area contributed by atoms with Gasteiger partial charge in [-0.3, -0.25) is 0 Å². The number of rotatable bonds is 4. The zero-order valence-corrected chi connectivity index (χ0v) is 12.9. The lowest BCUT2D eigenvalue weighted by atomic mass is 10.1. The van der Waals surface area contributed by atoms with Gasteiger partial charge in [0.1, 0.15) is 0 Å². The lowest BCUT2D eigenvalue weighted by Gasteiger charge is -2.32. The maximum Gasteiger partial charge on any atom is 0.279 e. The molecule has 0 aromatic heterocycles. The molecule has 0 radical (unpaired) electrons. The van der Waals surface area contributed by atoms with Crippen LogP contribution in [-0.4, -0.2) is 51.1 Å². The summed E-state index contributed by atoms with van der Waals surface area (Å²) in [6, 6.07) is -0.00171. The Balaban J connectivity index is 0.00000180. The lowest BCUT2D eigenvalue weighted by molar-refractivity contribution is 0.00961. The number of morpholine rings is 1. The molecule has 2 fully saturated rings. The highest BCUT2D eigenvalue weighted by atomic mass is 35.5. The molecule has 0 amide bonds. The van der Waals surface area contributed by atoms with Crippen molar-refractivity contribution in [3.63, 3.8) is 0 Å². The fraction of sp³-hybridized carbons (Fsp3) is 1.00. The second-order valence-corrected chi connectivity index (χ2v) is 6.90. The van der Waals surface area contributed by atoms with Crippen molar-refractivity contribution in [2.45, 2.75) is 38.3 Å². The first kappa shape index (κ1) is 17.1. The summed E-state index contributed by atoms with van der Waals surface area (Å²) in [5, 5.41) is 0. The van der Waals surface area contributed by atoms with Gasteiger partial charge in [-0.05, 0) is 32.2 Å². The van der Waals surface area contributed by atoms with Gasteiger partial charge in [0.2, 0.25) is 0 Å². The van der Waals surface area contributed by atoms with Crippen molar-refractivity contribution in [2.24, 2.45) is 11.7 Å². The topological polar surface area (TPSA) is 84.7 Å². The predicted octanol–water partition coefficient (Wildman–Crippen LogP) is 0.0907. The Morgan fingerprint density at radius 1 is 1.42 bits per heavy atom. The van der Waals surface area contributed by atoms with Crippen molar-refractivity contribution in [3.05, 3.63) is 0 Å². The molecular formula is C11H24ClN3O3S. The number of nitrogens with zero attached hydrogens (tertiary/aromatic N) is 1. The van der Waals surface area contributed by atoms with Gasteiger partial charge in [0.25, 0.3) is 10.2 Å². The summed E-state index contributed by atoms with van der Waals surface area (Å²) in [6.45, 7) is 3.76. The van der Waals surface area contributed by atoms with Crippen LogP contribution in [0.3, 0.4) is 0 Å². The van der Waals surface area contributed by atoms with E-state index >= 15 is 0 Å². The minimum atomic E-state index is -3.39. The summed E-state index contributed by atoms with van der Waals surface area (Å²) >= 11 is 0. The van der Waals surface area contributed by atoms with Crippen LogP contribution in [0, 0.1) is 5.92 Å². The Kier molecular flexibility index (Phi) is 6.49. The number of nitrogens with one attached hydrogen (secondary N) is 1. The zero-order chi connectivity index (χ0) is 13.2. The Morgan fingerprint density at radius 3 is 2.79 bits per heavy atom. The maximum atomic E-state index is 12.3. The Hall–Kier alpha value is 0.0800. The van der Waals surface area contributed by atoms with Crippen molar-refractivity contribution in [2.75, 3.05) is 26.2 Å². The van der Waals surface area contributed by atoms with Crippen LogP contribution in [-0.2, 0) is 14.9 Å². The summed E-state index contributed by atoms with van der Waals surface area (Å²) in [5.74, 6) is 0.276. The van der Waals surface area contributed by atoms with Gasteiger partial charge in [0.15, 0.2) is 0 Å². The molecule has 3 N–H and O–H groups in total. The fourth-order valence-electron chi connectivity index (χ4n) is 2.74. The standard InChI is InChI=1S/C11H23N3O3S.ClH/c1-9-8-14(5-6-17-9)18(15,16)13-11-4-2-3-10(11)7-12;/h9-11,13H,2-8,12H2,1H3;1H. The van der Waals surface area contributed by atoms with Gasteiger partial charge in [-0.15, -0.1) is 12.4 Å². The molecule has 1 aliphatic heterocycles. The van der Waals surface area contributed by atoms with Gasteiger partial charge in [-0.2, -0.15) is 17.4 Å². The highest BCUT2D eigenvalue weighted by Gasteiger charge is 2.34. The molecule has 1 heterocycles. The van der Waals surface area contributed by atoms with Gasteiger partial charge in [-0.25, -0.2) is 0 Å². The van der Waals surface area contributed by atoms with Crippen LogP contribution >= 0.6 is 12.4 Å². The van der Waals surface area contributed by atoms with Crippen LogP contribution in [0.15, 0.2) is 0 Å². The van der Waals surface area contributed by atoms with Crippen molar-refractivity contribution in [3.8, 4) is 0 Å². The highest BCUT2D eigenvalue weighted by molar-refractivity contribution is 7.87. The molecule has 19 heavy (non-hydrogen) atoms. The predicted molar refractivity (Wildman–Crippen MR) is 76.5 cm³/mol. The average Bonchev–Trinajstić information content (AvgIpc) is 2.75. The van der Waals surface area contributed by atoms with E-state index in [1.807, 2.05) is 6.92 Å². The quantitative estimate of drug-likeness (QED) is 0.770. The first-order valence-corrected chi connectivity index (χ1v) is 8.06. The van der Waals surface area contributed by atoms with Crippen molar-refractivity contribution >= 4 is 22.6 Å². The molecule has 2 aliphatic rings. The van der Waals surface area contributed by atoms with Gasteiger partial charge in [-0.1, -0.05) is 6.42 Å². The molecule has 0 aromatic carbocycles.